The normalized spacial score (nSPS) is 15.7. The van der Waals surface area contributed by atoms with E-state index in [1.165, 1.54) is 11.8 Å². The highest BCUT2D eigenvalue weighted by molar-refractivity contribution is 8.27. The first-order valence-corrected chi connectivity index (χ1v) is 9.89. The van der Waals surface area contributed by atoms with Crippen molar-refractivity contribution >= 4 is 56.7 Å². The SMILES string of the molecule is CCOc1ccc2ccccc2c1/C=C1/SC(=S)N(c2ccccc2)C1=O. The fourth-order valence-corrected chi connectivity index (χ4v) is 4.39. The van der Waals surface area contributed by atoms with Crippen LogP contribution in [0.1, 0.15) is 12.5 Å². The highest BCUT2D eigenvalue weighted by atomic mass is 32.2. The number of benzene rings is 3. The van der Waals surface area contributed by atoms with Gasteiger partial charge in [0.05, 0.1) is 17.2 Å². The fraction of sp³-hybridized carbons (Fsp3) is 0.0909. The van der Waals surface area contributed by atoms with Gasteiger partial charge in [-0.15, -0.1) is 0 Å². The standard InChI is InChI=1S/C22H17NO2S2/c1-2-25-19-13-12-15-8-6-7-11-17(15)18(19)14-20-21(24)23(22(26)27-20)16-9-4-3-5-10-16/h3-14H,2H2,1H3/b20-14+. The topological polar surface area (TPSA) is 29.5 Å². The molecule has 3 nitrogen and oxygen atoms in total. The first kappa shape index (κ1) is 17.8. The highest BCUT2D eigenvalue weighted by Gasteiger charge is 2.33. The number of fused-ring (bicyclic) bond motifs is 1. The van der Waals surface area contributed by atoms with Gasteiger partial charge in [0.15, 0.2) is 4.32 Å². The molecule has 1 heterocycles. The van der Waals surface area contributed by atoms with E-state index in [9.17, 15) is 4.79 Å². The number of amides is 1. The molecule has 0 N–H and O–H groups in total. The van der Waals surface area contributed by atoms with Crippen LogP contribution in [0, 0.1) is 0 Å². The second kappa shape index (κ2) is 7.55. The Balaban J connectivity index is 1.81. The Morgan fingerprint density at radius 3 is 2.56 bits per heavy atom. The average molecular weight is 392 g/mol. The second-order valence-electron chi connectivity index (χ2n) is 5.98. The molecular formula is C22H17NO2S2. The summed E-state index contributed by atoms with van der Waals surface area (Å²) in [6.07, 6.45) is 1.90. The maximum absolute atomic E-state index is 13.0. The number of carbonyl (C=O) groups is 1. The molecule has 4 rings (SSSR count). The summed E-state index contributed by atoms with van der Waals surface area (Å²) in [6, 6.07) is 21.6. The van der Waals surface area contributed by atoms with Crippen molar-refractivity contribution in [1.82, 2.24) is 0 Å². The van der Waals surface area contributed by atoms with Crippen molar-refractivity contribution in [1.29, 1.82) is 0 Å². The van der Waals surface area contributed by atoms with Crippen molar-refractivity contribution in [2.45, 2.75) is 6.92 Å². The number of hydrogen-bond donors (Lipinski definition) is 0. The van der Waals surface area contributed by atoms with Crippen LogP contribution in [0.3, 0.4) is 0 Å². The average Bonchev–Trinajstić information content (AvgIpc) is 2.97. The molecule has 0 spiro atoms. The first-order valence-electron chi connectivity index (χ1n) is 8.66. The predicted octanol–water partition coefficient (Wildman–Crippen LogP) is 5.64. The van der Waals surface area contributed by atoms with Gasteiger partial charge in [-0.1, -0.05) is 72.5 Å². The lowest BCUT2D eigenvalue weighted by atomic mass is 10.0. The molecule has 1 saturated heterocycles. The molecule has 0 unspecified atom stereocenters. The lowest BCUT2D eigenvalue weighted by Gasteiger charge is -2.14. The summed E-state index contributed by atoms with van der Waals surface area (Å²) < 4.78 is 6.35. The number of anilines is 1. The number of hydrogen-bond acceptors (Lipinski definition) is 4. The van der Waals surface area contributed by atoms with Crippen molar-refractivity contribution in [2.24, 2.45) is 0 Å². The molecule has 3 aromatic carbocycles. The molecule has 27 heavy (non-hydrogen) atoms. The molecule has 1 amide bonds. The van der Waals surface area contributed by atoms with Crippen LogP contribution in [0.4, 0.5) is 5.69 Å². The molecule has 0 radical (unpaired) electrons. The minimum absolute atomic E-state index is 0.105. The Bertz CT molecular complexity index is 1060. The Kier molecular flexibility index (Phi) is 4.97. The number of para-hydroxylation sites is 1. The predicted molar refractivity (Wildman–Crippen MR) is 117 cm³/mol. The van der Waals surface area contributed by atoms with Crippen molar-refractivity contribution < 1.29 is 9.53 Å². The Hall–Kier alpha value is -2.63. The molecule has 1 aliphatic rings. The van der Waals surface area contributed by atoms with Crippen LogP contribution in [-0.4, -0.2) is 16.8 Å². The van der Waals surface area contributed by atoms with Gasteiger partial charge in [0.1, 0.15) is 5.75 Å². The summed E-state index contributed by atoms with van der Waals surface area (Å²) in [5.74, 6) is 0.660. The minimum atomic E-state index is -0.105. The monoisotopic (exact) mass is 391 g/mol. The number of nitrogens with zero attached hydrogens (tertiary/aromatic N) is 1. The molecule has 1 aliphatic heterocycles. The molecule has 1 fully saturated rings. The number of carbonyl (C=O) groups excluding carboxylic acids is 1. The van der Waals surface area contributed by atoms with Crippen LogP contribution in [0.15, 0.2) is 71.6 Å². The van der Waals surface area contributed by atoms with E-state index in [4.69, 9.17) is 17.0 Å². The van der Waals surface area contributed by atoms with Crippen molar-refractivity contribution in [3.63, 3.8) is 0 Å². The van der Waals surface area contributed by atoms with E-state index in [2.05, 4.69) is 6.07 Å². The third kappa shape index (κ3) is 3.36. The van der Waals surface area contributed by atoms with Gasteiger partial charge in [-0.3, -0.25) is 9.69 Å². The molecular weight excluding hydrogens is 374 g/mol. The van der Waals surface area contributed by atoms with Crippen LogP contribution < -0.4 is 9.64 Å². The lowest BCUT2D eigenvalue weighted by Crippen LogP contribution is -2.27. The largest absolute Gasteiger partial charge is 0.493 e. The molecule has 0 saturated carbocycles. The Morgan fingerprint density at radius 1 is 1.04 bits per heavy atom. The van der Waals surface area contributed by atoms with Crippen LogP contribution in [0.2, 0.25) is 0 Å². The zero-order valence-corrected chi connectivity index (χ0v) is 16.3. The van der Waals surface area contributed by atoms with Crippen molar-refractivity contribution in [3.8, 4) is 5.75 Å². The van der Waals surface area contributed by atoms with E-state index in [0.29, 0.717) is 15.8 Å². The van der Waals surface area contributed by atoms with Crippen LogP contribution in [0.25, 0.3) is 16.8 Å². The summed E-state index contributed by atoms with van der Waals surface area (Å²) in [6.45, 7) is 2.51. The zero-order valence-electron chi connectivity index (χ0n) is 14.7. The van der Waals surface area contributed by atoms with E-state index < -0.39 is 0 Å². The van der Waals surface area contributed by atoms with E-state index in [-0.39, 0.29) is 5.91 Å². The summed E-state index contributed by atoms with van der Waals surface area (Å²) >= 11 is 6.79. The minimum Gasteiger partial charge on any atom is -0.493 e. The third-order valence-corrected chi connectivity index (χ3v) is 5.62. The van der Waals surface area contributed by atoms with E-state index in [1.807, 2.05) is 73.7 Å². The molecule has 0 aliphatic carbocycles. The second-order valence-corrected chi connectivity index (χ2v) is 7.66. The van der Waals surface area contributed by atoms with Crippen LogP contribution >= 0.6 is 24.0 Å². The summed E-state index contributed by atoms with van der Waals surface area (Å²) in [5.41, 5.74) is 1.69. The molecule has 0 atom stereocenters. The molecule has 0 bridgehead atoms. The maximum atomic E-state index is 13.0. The first-order chi connectivity index (χ1) is 13.2. The van der Waals surface area contributed by atoms with Gasteiger partial charge < -0.3 is 4.74 Å². The highest BCUT2D eigenvalue weighted by Crippen LogP contribution is 2.38. The molecule has 0 aromatic heterocycles. The van der Waals surface area contributed by atoms with Gasteiger partial charge >= 0.3 is 0 Å². The lowest BCUT2D eigenvalue weighted by molar-refractivity contribution is -0.113. The molecule has 3 aromatic rings. The fourth-order valence-electron chi connectivity index (χ4n) is 3.10. The van der Waals surface area contributed by atoms with Crippen LogP contribution in [-0.2, 0) is 4.79 Å². The molecule has 5 heteroatoms. The summed E-state index contributed by atoms with van der Waals surface area (Å²) in [7, 11) is 0. The summed E-state index contributed by atoms with van der Waals surface area (Å²) in [4.78, 5) is 15.2. The van der Waals surface area contributed by atoms with Gasteiger partial charge in [-0.05, 0) is 42.0 Å². The smallest absolute Gasteiger partial charge is 0.270 e. The maximum Gasteiger partial charge on any atom is 0.270 e. The number of rotatable bonds is 4. The van der Waals surface area contributed by atoms with Gasteiger partial charge in [0.2, 0.25) is 0 Å². The number of thiocarbonyl (C=S) groups is 1. The van der Waals surface area contributed by atoms with E-state index in [1.54, 1.807) is 4.90 Å². The summed E-state index contributed by atoms with van der Waals surface area (Å²) in [5, 5.41) is 2.15. The van der Waals surface area contributed by atoms with E-state index >= 15 is 0 Å². The van der Waals surface area contributed by atoms with Gasteiger partial charge in [0, 0.05) is 5.56 Å². The van der Waals surface area contributed by atoms with Crippen LogP contribution in [0.5, 0.6) is 5.75 Å². The zero-order chi connectivity index (χ0) is 18.8. The van der Waals surface area contributed by atoms with Crippen molar-refractivity contribution in [2.75, 3.05) is 11.5 Å². The van der Waals surface area contributed by atoms with Gasteiger partial charge in [-0.25, -0.2) is 0 Å². The third-order valence-electron chi connectivity index (χ3n) is 4.31. The van der Waals surface area contributed by atoms with Gasteiger partial charge in [-0.2, -0.15) is 0 Å². The number of thioether (sulfide) groups is 1. The Morgan fingerprint density at radius 2 is 1.78 bits per heavy atom. The number of ether oxygens (including phenoxy) is 1. The molecule has 134 valence electrons. The van der Waals surface area contributed by atoms with Gasteiger partial charge in [0.25, 0.3) is 5.91 Å². The Labute approximate surface area is 167 Å². The van der Waals surface area contributed by atoms with Crippen molar-refractivity contribution in [3.05, 3.63) is 77.2 Å². The van der Waals surface area contributed by atoms with E-state index in [0.717, 1.165) is 27.8 Å². The quantitative estimate of drug-likeness (QED) is 0.425.